The molecule has 11 N–H and O–H groups in total. The minimum Gasteiger partial charge on any atom is -0.481 e. The van der Waals surface area contributed by atoms with Crippen LogP contribution in [0.5, 0.6) is 0 Å². The zero-order valence-electron chi connectivity index (χ0n) is 82.2. The molecule has 7 saturated heterocycles. The number of nitrogens with zero attached hydrogens (tertiary/aromatic N) is 6. The summed E-state index contributed by atoms with van der Waals surface area (Å²) in [5, 5.41) is 30.7. The fourth-order valence-electron chi connectivity index (χ4n) is 13.8. The maximum atomic E-state index is 12.0. The van der Waals surface area contributed by atoms with Crippen molar-refractivity contribution in [2.24, 2.45) is 58.8 Å². The zero-order chi connectivity index (χ0) is 106. The standard InChI is InChI=1S/2C19H26N2O6.C16H20N2O6.C14H18N2O4.C10H15NO6.C8H14N2O4.C7H12N2O4/c2*1-19(2,3)27-18(24)21-10-14(11-21)15(16(22)25-4)20-17(23)26-12-13-8-6-5-7-9-13;1-22-14(19)13(12-8-18(9-12)16(21)23-2)17-15(20)24-10-11-6-4-3-5-7-11;1-19-13(17)12(11-7-15-8-11)16-14(18)20-9-10-5-3-2-4-6-10;1-16-8(12)3-7(9(13)14)6-4-11(5-6)10(15)17-2;1-13-7(11)6(9)5-3-10(4-5)8(12)14-2;1-13-7(12)9-2-4(3-9)5(8)6(10)11/h2*5-9,14-15H,10-12H2,1-4H3,(H,20,23);3-7,12-13H,8-10H2,1-2H3,(H,17,20);2-6,11-12,15H,7-9H2,1H3,(H,16,18);6-7H,3-5H2,1-2H3,(H,13,14);5-6H,3-4,9H2,1-2H3;4-5H,2-3,8H2,1H3,(H,10,11). The number of amides is 10. The number of hydrogen-bond acceptors (Lipinski definition) is 37. The molecule has 784 valence electrons. The molecule has 7 fully saturated rings. The van der Waals surface area contributed by atoms with Gasteiger partial charge in [-0.3, -0.25) is 19.2 Å². The topological polar surface area (TPSA) is 627 Å². The van der Waals surface area contributed by atoms with Crippen LogP contribution in [0.2, 0.25) is 0 Å². The first kappa shape index (κ1) is 118. The number of benzene rings is 4. The molecule has 7 unspecified atom stereocenters. The number of likely N-dealkylation sites (tertiary alicyclic amines) is 6. The summed E-state index contributed by atoms with van der Waals surface area (Å²) in [5.74, 6) is -7.26. The Bertz CT molecular complexity index is 4650. The summed E-state index contributed by atoms with van der Waals surface area (Å²) in [5.41, 5.74) is 13.1. The van der Waals surface area contributed by atoms with Crippen molar-refractivity contribution in [2.45, 2.75) is 122 Å². The van der Waals surface area contributed by atoms with Crippen LogP contribution in [-0.2, 0) is 141 Å². The average Bonchev–Trinajstić information content (AvgIpc) is 0.793. The largest absolute Gasteiger partial charge is 0.481 e. The highest BCUT2D eigenvalue weighted by Gasteiger charge is 2.48. The van der Waals surface area contributed by atoms with Crippen LogP contribution in [0.4, 0.5) is 47.9 Å². The Morgan fingerprint density at radius 2 is 0.542 bits per heavy atom. The predicted octanol–water partition coefficient (Wildman–Crippen LogP) is 4.70. The molecule has 0 aliphatic carbocycles. The molecule has 4 aromatic carbocycles. The van der Waals surface area contributed by atoms with E-state index in [1.807, 2.05) is 121 Å². The monoisotopic (exact) mass is 2010 g/mol. The predicted molar refractivity (Wildman–Crippen MR) is 494 cm³/mol. The van der Waals surface area contributed by atoms with E-state index >= 15 is 0 Å². The van der Waals surface area contributed by atoms with Gasteiger partial charge in [-0.2, -0.15) is 0 Å². The highest BCUT2D eigenvalue weighted by Crippen LogP contribution is 2.30. The molecule has 4 aromatic rings. The molecule has 142 heavy (non-hydrogen) atoms. The van der Waals surface area contributed by atoms with Crippen molar-refractivity contribution in [2.75, 3.05) is 163 Å². The number of nitrogens with two attached hydrogens (primary N) is 2. The summed E-state index contributed by atoms with van der Waals surface area (Å²) in [6.07, 6.45) is -5.62. The van der Waals surface area contributed by atoms with Crippen LogP contribution in [0.3, 0.4) is 0 Å². The lowest BCUT2D eigenvalue weighted by Crippen LogP contribution is -2.61. The van der Waals surface area contributed by atoms with Gasteiger partial charge in [-0.15, -0.1) is 0 Å². The Hall–Kier alpha value is -14.8. The molecular formula is C93H131N13O36. The van der Waals surface area contributed by atoms with Gasteiger partial charge >= 0.3 is 109 Å². The van der Waals surface area contributed by atoms with E-state index in [1.54, 1.807) is 41.5 Å². The minimum absolute atomic E-state index is 0.0263. The van der Waals surface area contributed by atoms with Crippen LogP contribution in [0.25, 0.3) is 0 Å². The van der Waals surface area contributed by atoms with Gasteiger partial charge in [-0.25, -0.2) is 67.1 Å². The number of alkyl carbamates (subject to hydrolysis) is 4. The Morgan fingerprint density at radius 3 is 0.754 bits per heavy atom. The highest BCUT2D eigenvalue weighted by atomic mass is 16.6. The quantitative estimate of drug-likeness (QED) is 0.0275. The number of carboxylic acids is 2. The van der Waals surface area contributed by atoms with Crippen LogP contribution in [0, 0.1) is 47.3 Å². The minimum atomic E-state index is -1.05. The first-order chi connectivity index (χ1) is 67.3. The van der Waals surface area contributed by atoms with Crippen LogP contribution in [-0.4, -0.2) is 358 Å². The van der Waals surface area contributed by atoms with Crippen molar-refractivity contribution < 1.29 is 172 Å². The number of esters is 6. The summed E-state index contributed by atoms with van der Waals surface area (Å²) in [4.78, 5) is 216. The van der Waals surface area contributed by atoms with E-state index < -0.39 is 162 Å². The molecule has 7 aliphatic heterocycles. The van der Waals surface area contributed by atoms with Crippen LogP contribution < -0.4 is 38.1 Å². The average molecular weight is 2010 g/mol. The summed E-state index contributed by atoms with van der Waals surface area (Å²) in [6.45, 7) is 16.4. The number of rotatable bonds is 28. The van der Waals surface area contributed by atoms with Crippen LogP contribution >= 0.6 is 0 Å². The third-order valence-electron chi connectivity index (χ3n) is 22.2. The maximum absolute atomic E-state index is 12.0. The van der Waals surface area contributed by atoms with Gasteiger partial charge in [0.25, 0.3) is 0 Å². The molecule has 0 bridgehead atoms. The number of aliphatic carboxylic acids is 2. The lowest BCUT2D eigenvalue weighted by molar-refractivity contribution is -0.153. The Labute approximate surface area is 820 Å². The smallest absolute Gasteiger partial charge is 0.410 e. The van der Waals surface area contributed by atoms with Crippen molar-refractivity contribution in [3.8, 4) is 0 Å². The number of methoxy groups -OCH3 is 10. The number of carboxylic acid groups (broad SMARTS) is 2. The SMILES string of the molecule is COC(=O)C(N)C1CN(C(=O)OC)C1.COC(=O)C(NC(=O)OCc1ccccc1)C1CN(C(=O)OC(C)(C)C)C1.COC(=O)C(NC(=O)OCc1ccccc1)C1CN(C(=O)OC(C)(C)C)C1.COC(=O)C(NC(=O)OCc1ccccc1)C1CN(C(=O)OC)C1.COC(=O)C(NC(=O)OCc1ccccc1)C1CNC1.COC(=O)CC(C(=O)O)C1CN(C(=O)OC)C1.COC(=O)N1CC(C(N)C(=O)O)C1. The summed E-state index contributed by atoms with van der Waals surface area (Å²) in [7, 11) is 12.7. The number of ether oxygens (including phenoxy) is 16. The number of carbonyl (C=O) groups excluding carboxylic acids is 16. The molecule has 0 radical (unpaired) electrons. The van der Waals surface area contributed by atoms with E-state index in [9.17, 15) is 86.3 Å². The highest BCUT2D eigenvalue weighted by molar-refractivity contribution is 5.86. The normalized spacial score (nSPS) is 16.2. The van der Waals surface area contributed by atoms with E-state index in [0.717, 1.165) is 22.3 Å². The molecule has 0 spiro atoms. The lowest BCUT2D eigenvalue weighted by atomic mass is 9.84. The van der Waals surface area contributed by atoms with E-state index in [-0.39, 0.29) is 100 Å². The van der Waals surface area contributed by atoms with Crippen molar-refractivity contribution in [1.82, 2.24) is 56.0 Å². The third kappa shape index (κ3) is 39.5. The second-order valence-corrected chi connectivity index (χ2v) is 34.7. The third-order valence-corrected chi connectivity index (χ3v) is 22.2. The van der Waals surface area contributed by atoms with Gasteiger partial charge in [0.2, 0.25) is 0 Å². The van der Waals surface area contributed by atoms with E-state index in [2.05, 4.69) is 55.0 Å². The van der Waals surface area contributed by atoms with Crippen LogP contribution in [0.15, 0.2) is 121 Å². The second-order valence-electron chi connectivity index (χ2n) is 34.7. The van der Waals surface area contributed by atoms with Crippen LogP contribution in [0.1, 0.15) is 70.2 Å². The fraction of sp³-hybridized carbons (Fsp3) is 0.548. The molecule has 7 aliphatic rings. The molecular weight excluding hydrogens is 1880 g/mol. The van der Waals surface area contributed by atoms with E-state index in [4.69, 9.17) is 69.0 Å². The first-order valence-electron chi connectivity index (χ1n) is 44.6. The Morgan fingerprint density at radius 1 is 0.310 bits per heavy atom. The summed E-state index contributed by atoms with van der Waals surface area (Å²) in [6, 6.07) is 32.1. The van der Waals surface area contributed by atoms with Crippen molar-refractivity contribution >= 4 is 109 Å². The second kappa shape index (κ2) is 59.0. The van der Waals surface area contributed by atoms with Crippen molar-refractivity contribution in [1.29, 1.82) is 0 Å². The van der Waals surface area contributed by atoms with Gasteiger partial charge in [-0.1, -0.05) is 121 Å². The Kier molecular flexibility index (Phi) is 48.9. The summed E-state index contributed by atoms with van der Waals surface area (Å²) >= 11 is 0. The fourth-order valence-corrected chi connectivity index (χ4v) is 13.8. The lowest BCUT2D eigenvalue weighted by Gasteiger charge is -2.42. The van der Waals surface area contributed by atoms with Gasteiger partial charge in [0.1, 0.15) is 73.9 Å². The number of nitrogens with one attached hydrogen (secondary N) is 5. The molecule has 7 atom stereocenters. The molecule has 49 heteroatoms. The van der Waals surface area contributed by atoms with Gasteiger partial charge in [0, 0.05) is 133 Å². The van der Waals surface area contributed by atoms with Gasteiger partial charge in [0.15, 0.2) is 0 Å². The molecule has 10 amide bonds. The van der Waals surface area contributed by atoms with E-state index in [0.29, 0.717) is 65.4 Å². The van der Waals surface area contributed by atoms with Gasteiger partial charge in [-0.05, 0) is 63.8 Å². The molecule has 49 nitrogen and oxygen atoms in total. The number of carbonyl (C=O) groups is 18. The maximum Gasteiger partial charge on any atom is 0.410 e. The first-order valence-corrected chi connectivity index (χ1v) is 44.6. The molecule has 11 rings (SSSR count). The molecule has 0 aromatic heterocycles. The Balaban J connectivity index is 0.000000296. The van der Waals surface area contributed by atoms with E-state index in [1.165, 1.54) is 100 Å². The summed E-state index contributed by atoms with van der Waals surface area (Å²) < 4.78 is 77.0. The molecule has 7 heterocycles. The van der Waals surface area contributed by atoms with Crippen molar-refractivity contribution in [3.63, 3.8) is 0 Å². The zero-order valence-corrected chi connectivity index (χ0v) is 82.2. The molecule has 0 saturated carbocycles. The van der Waals surface area contributed by atoms with Gasteiger partial charge < -0.3 is 153 Å². The number of hydrogen-bond donors (Lipinski definition) is 9. The van der Waals surface area contributed by atoms with Gasteiger partial charge in [0.05, 0.1) is 83.4 Å². The van der Waals surface area contributed by atoms with Crippen molar-refractivity contribution in [3.05, 3.63) is 144 Å².